The van der Waals surface area contributed by atoms with E-state index in [2.05, 4.69) is 5.32 Å². The molecule has 0 fully saturated rings. The maximum absolute atomic E-state index is 13.4. The van der Waals surface area contributed by atoms with Gasteiger partial charge in [0.25, 0.3) is 15.9 Å². The minimum absolute atomic E-state index is 0.00132. The molecule has 0 aliphatic carbocycles. The number of hydrogen-bond donors (Lipinski definition) is 1. The van der Waals surface area contributed by atoms with Gasteiger partial charge >= 0.3 is 0 Å². The molecule has 0 saturated heterocycles. The van der Waals surface area contributed by atoms with Crippen LogP contribution in [0.2, 0.25) is 0 Å². The third-order valence-electron chi connectivity index (χ3n) is 6.54. The average molecular weight is 514 g/mol. The first-order chi connectivity index (χ1) is 17.2. The summed E-state index contributed by atoms with van der Waals surface area (Å²) >= 11 is 0. The summed E-state index contributed by atoms with van der Waals surface area (Å²) in [5.41, 5.74) is 1.21. The van der Waals surface area contributed by atoms with Crippen molar-refractivity contribution >= 4 is 27.7 Å². The molecule has 3 amide bonds. The Morgan fingerprint density at radius 2 is 1.67 bits per heavy atom. The van der Waals surface area contributed by atoms with Crippen LogP contribution < -0.4 is 5.32 Å². The molecule has 36 heavy (non-hydrogen) atoms. The van der Waals surface area contributed by atoms with Crippen LogP contribution in [0, 0.1) is 0 Å². The molecule has 2 atom stereocenters. The van der Waals surface area contributed by atoms with E-state index >= 15 is 0 Å². The first kappa shape index (κ1) is 27.4. The van der Waals surface area contributed by atoms with Crippen LogP contribution in [-0.2, 0) is 26.0 Å². The minimum atomic E-state index is -3.92. The highest BCUT2D eigenvalue weighted by atomic mass is 32.2. The highest BCUT2D eigenvalue weighted by molar-refractivity contribution is 7.90. The van der Waals surface area contributed by atoms with Crippen molar-refractivity contribution < 1.29 is 22.8 Å². The second-order valence-corrected chi connectivity index (χ2v) is 10.9. The number of nitrogens with zero attached hydrogens (tertiary/aromatic N) is 2. The average Bonchev–Trinajstić information content (AvgIpc) is 3.07. The Morgan fingerprint density at radius 1 is 1.00 bits per heavy atom. The molecule has 1 aliphatic rings. The van der Waals surface area contributed by atoms with Gasteiger partial charge in [-0.2, -0.15) is 0 Å². The van der Waals surface area contributed by atoms with E-state index in [0.717, 1.165) is 16.3 Å². The summed E-state index contributed by atoms with van der Waals surface area (Å²) in [6.45, 7) is 6.05. The lowest BCUT2D eigenvalue weighted by molar-refractivity contribution is -0.141. The van der Waals surface area contributed by atoms with Crippen molar-refractivity contribution in [3.05, 3.63) is 65.7 Å². The molecule has 1 aliphatic heterocycles. The number of amides is 3. The van der Waals surface area contributed by atoms with Crippen molar-refractivity contribution in [3.63, 3.8) is 0 Å². The van der Waals surface area contributed by atoms with Gasteiger partial charge in [0.05, 0.1) is 5.56 Å². The van der Waals surface area contributed by atoms with E-state index < -0.39 is 22.0 Å². The highest BCUT2D eigenvalue weighted by Crippen LogP contribution is 2.30. The summed E-state index contributed by atoms with van der Waals surface area (Å²) in [7, 11) is -3.92. The van der Waals surface area contributed by atoms with E-state index in [4.69, 9.17) is 0 Å². The molecule has 2 aromatic rings. The summed E-state index contributed by atoms with van der Waals surface area (Å²) in [4.78, 5) is 40.6. The number of sulfonamides is 1. The molecule has 0 saturated carbocycles. The number of nitrogens with one attached hydrogen (secondary N) is 1. The van der Waals surface area contributed by atoms with Crippen LogP contribution in [0.4, 0.5) is 0 Å². The zero-order valence-electron chi connectivity index (χ0n) is 21.1. The molecule has 0 radical (unpaired) electrons. The van der Waals surface area contributed by atoms with Crippen molar-refractivity contribution in [2.75, 3.05) is 13.1 Å². The monoisotopic (exact) mass is 513 g/mol. The molecule has 1 N–H and O–H groups in total. The Labute approximate surface area is 213 Å². The fourth-order valence-corrected chi connectivity index (χ4v) is 5.91. The standard InChI is InChI=1S/C27H35N3O5S/c1-4-20(3)28-26(32)23(5-2)29(19-17-21-12-7-6-8-13-21)25(31)16-11-18-30-27(33)22-14-9-10-15-24(22)36(30,34)35/h6-10,12-15,20,23H,4-5,11,16-19H2,1-3H3,(H,28,32)/t20-,23-/m0/s1. The number of carbonyl (C=O) groups is 3. The summed E-state index contributed by atoms with van der Waals surface area (Å²) in [6, 6.07) is 15.2. The first-order valence-electron chi connectivity index (χ1n) is 12.5. The van der Waals surface area contributed by atoms with Crippen molar-refractivity contribution in [1.82, 2.24) is 14.5 Å². The first-order valence-corrected chi connectivity index (χ1v) is 13.9. The normalized spacial score (nSPS) is 15.8. The Bertz CT molecular complexity index is 1180. The Kier molecular flexibility index (Phi) is 9.25. The molecule has 1 heterocycles. The molecule has 0 aromatic heterocycles. The number of rotatable bonds is 12. The van der Waals surface area contributed by atoms with Gasteiger partial charge in [-0.3, -0.25) is 14.4 Å². The van der Waals surface area contributed by atoms with Crippen LogP contribution >= 0.6 is 0 Å². The second kappa shape index (κ2) is 12.2. The molecule has 3 rings (SSSR count). The fourth-order valence-electron chi connectivity index (χ4n) is 4.31. The van der Waals surface area contributed by atoms with Gasteiger partial charge in [0, 0.05) is 25.6 Å². The van der Waals surface area contributed by atoms with Gasteiger partial charge in [-0.1, -0.05) is 56.3 Å². The number of benzene rings is 2. The van der Waals surface area contributed by atoms with Crippen LogP contribution in [0.3, 0.4) is 0 Å². The summed E-state index contributed by atoms with van der Waals surface area (Å²) in [6.07, 6.45) is 2.02. The topological polar surface area (TPSA) is 104 Å². The van der Waals surface area contributed by atoms with Gasteiger partial charge in [0.1, 0.15) is 10.9 Å². The zero-order chi connectivity index (χ0) is 26.3. The van der Waals surface area contributed by atoms with E-state index in [1.54, 1.807) is 17.0 Å². The van der Waals surface area contributed by atoms with Gasteiger partial charge in [-0.25, -0.2) is 12.7 Å². The molecule has 8 nitrogen and oxygen atoms in total. The van der Waals surface area contributed by atoms with Crippen LogP contribution in [0.25, 0.3) is 0 Å². The van der Waals surface area contributed by atoms with E-state index in [-0.39, 0.29) is 47.7 Å². The molecule has 0 unspecified atom stereocenters. The largest absolute Gasteiger partial charge is 0.352 e. The molecule has 2 aromatic carbocycles. The maximum Gasteiger partial charge on any atom is 0.269 e. The van der Waals surface area contributed by atoms with E-state index in [1.165, 1.54) is 12.1 Å². The van der Waals surface area contributed by atoms with Crippen molar-refractivity contribution in [3.8, 4) is 0 Å². The quantitative estimate of drug-likeness (QED) is 0.469. The highest BCUT2D eigenvalue weighted by Gasteiger charge is 2.40. The minimum Gasteiger partial charge on any atom is -0.352 e. The van der Waals surface area contributed by atoms with Gasteiger partial charge < -0.3 is 10.2 Å². The number of hydrogen-bond acceptors (Lipinski definition) is 5. The molecular formula is C27H35N3O5S. The zero-order valence-corrected chi connectivity index (χ0v) is 22.0. The lowest BCUT2D eigenvalue weighted by Gasteiger charge is -2.31. The van der Waals surface area contributed by atoms with E-state index in [9.17, 15) is 22.8 Å². The molecule has 0 spiro atoms. The van der Waals surface area contributed by atoms with Crippen molar-refractivity contribution in [1.29, 1.82) is 0 Å². The third kappa shape index (κ3) is 6.13. The molecular weight excluding hydrogens is 478 g/mol. The predicted molar refractivity (Wildman–Crippen MR) is 138 cm³/mol. The SMILES string of the molecule is CC[C@H](C)NC(=O)[C@H](CC)N(CCc1ccccc1)C(=O)CCCN1C(=O)c2ccccc2S1(=O)=O. The van der Waals surface area contributed by atoms with Crippen molar-refractivity contribution in [2.45, 2.75) is 69.9 Å². The predicted octanol–water partition coefficient (Wildman–Crippen LogP) is 3.38. The van der Waals surface area contributed by atoms with Gasteiger partial charge in [-0.05, 0) is 50.3 Å². The van der Waals surface area contributed by atoms with Gasteiger partial charge in [-0.15, -0.1) is 0 Å². The Hall–Kier alpha value is -3.20. The molecule has 9 heteroatoms. The van der Waals surface area contributed by atoms with E-state index in [0.29, 0.717) is 19.4 Å². The summed E-state index contributed by atoms with van der Waals surface area (Å²) in [5, 5.41) is 2.98. The number of fused-ring (bicyclic) bond motifs is 1. The van der Waals surface area contributed by atoms with Crippen LogP contribution in [0.15, 0.2) is 59.5 Å². The maximum atomic E-state index is 13.4. The van der Waals surface area contributed by atoms with Crippen molar-refractivity contribution in [2.24, 2.45) is 0 Å². The van der Waals surface area contributed by atoms with Gasteiger partial charge in [0.15, 0.2) is 0 Å². The Morgan fingerprint density at radius 3 is 2.31 bits per heavy atom. The lowest BCUT2D eigenvalue weighted by Crippen LogP contribution is -2.51. The van der Waals surface area contributed by atoms with Crippen LogP contribution in [0.1, 0.15) is 62.4 Å². The number of carbonyl (C=O) groups excluding carboxylic acids is 3. The van der Waals surface area contributed by atoms with Crippen LogP contribution in [0.5, 0.6) is 0 Å². The summed E-state index contributed by atoms with van der Waals surface area (Å²) in [5.74, 6) is -1.00. The molecule has 0 bridgehead atoms. The van der Waals surface area contributed by atoms with Gasteiger partial charge in [0.2, 0.25) is 11.8 Å². The summed E-state index contributed by atoms with van der Waals surface area (Å²) < 4.78 is 26.4. The fraction of sp³-hybridized carbons (Fsp3) is 0.444. The molecule has 194 valence electrons. The lowest BCUT2D eigenvalue weighted by atomic mass is 10.1. The second-order valence-electron chi connectivity index (χ2n) is 9.05. The van der Waals surface area contributed by atoms with E-state index in [1.807, 2.05) is 51.1 Å². The third-order valence-corrected chi connectivity index (χ3v) is 8.38. The van der Waals surface area contributed by atoms with Crippen LogP contribution in [-0.4, -0.2) is 60.5 Å². The smallest absolute Gasteiger partial charge is 0.269 e. The Balaban J connectivity index is 1.70.